The number of hydrogen-bond acceptors (Lipinski definition) is 3. The Morgan fingerprint density at radius 2 is 0.781 bits per heavy atom. The predicted octanol–water partition coefficient (Wildman–Crippen LogP) is 19.1. The van der Waals surface area contributed by atoms with Gasteiger partial charge in [-0.1, -0.05) is 206 Å². The maximum atomic E-state index is 2.56. The van der Waals surface area contributed by atoms with Crippen LogP contribution in [0, 0.1) is 6.92 Å². The fraction of sp³-hybridized carbons (Fsp3) is 0.0571. The molecule has 12 rings (SSSR count). The van der Waals surface area contributed by atoms with E-state index in [4.69, 9.17) is 0 Å². The Morgan fingerprint density at radius 3 is 1.32 bits per heavy atom. The quantitative estimate of drug-likeness (QED) is 0.107. The standard InChI is InChI=1S/C70H55N3/c1-51-50-68(73(58-34-18-7-19-35-58)60-42-40-54(41-43-60)70(52-24-8-2-9-25-52)53-26-10-3-11-27-53)64-38-22-23-39-65(64)69(51)66-48-49-67(63-37-21-20-36-62(63)66)72(57-32-16-6-17-33-57)61-46-44-59(45-47-61)71(55-28-12-4-13-29-55)56-30-14-5-15-31-56/h2-34,36-50,58,70H,35H2,1H3. The van der Waals surface area contributed by atoms with Crippen LogP contribution in [-0.2, 0) is 0 Å². The summed E-state index contributed by atoms with van der Waals surface area (Å²) in [5, 5.41) is 4.84. The lowest BCUT2D eigenvalue weighted by Gasteiger charge is -2.34. The molecule has 1 atom stereocenters. The van der Waals surface area contributed by atoms with Gasteiger partial charge < -0.3 is 14.7 Å². The number of benzene rings is 11. The summed E-state index contributed by atoms with van der Waals surface area (Å²) in [7, 11) is 0. The SMILES string of the molecule is Cc1cc(N(c2ccc(C(c3ccccc3)c3ccccc3)cc2)C2C=CC=CC2)c2ccccc2c1-c1ccc(N(c2ccccc2)c2ccc(N(c3ccccc3)c3ccccc3)cc2)c2ccccc12. The van der Waals surface area contributed by atoms with Gasteiger partial charge in [0.1, 0.15) is 0 Å². The number of fused-ring (bicyclic) bond motifs is 2. The Kier molecular flexibility index (Phi) is 12.5. The molecule has 0 amide bonds. The van der Waals surface area contributed by atoms with E-state index >= 15 is 0 Å². The predicted molar refractivity (Wildman–Crippen MR) is 310 cm³/mol. The number of anilines is 8. The number of aryl methyl sites for hydroxylation is 1. The minimum atomic E-state index is 0.127. The van der Waals surface area contributed by atoms with Crippen LogP contribution in [0.25, 0.3) is 32.7 Å². The minimum absolute atomic E-state index is 0.127. The van der Waals surface area contributed by atoms with Crippen molar-refractivity contribution in [3.05, 3.63) is 313 Å². The maximum Gasteiger partial charge on any atom is 0.0560 e. The molecule has 0 aliphatic heterocycles. The summed E-state index contributed by atoms with van der Waals surface area (Å²) < 4.78 is 0. The van der Waals surface area contributed by atoms with Crippen LogP contribution in [0.1, 0.15) is 34.6 Å². The highest BCUT2D eigenvalue weighted by Gasteiger charge is 2.26. The average Bonchev–Trinajstić information content (AvgIpc) is 3.46. The van der Waals surface area contributed by atoms with Crippen molar-refractivity contribution in [2.45, 2.75) is 25.3 Å². The summed E-state index contributed by atoms with van der Waals surface area (Å²) >= 11 is 0. The Labute approximate surface area is 429 Å². The number of nitrogens with zero attached hydrogens (tertiary/aromatic N) is 3. The van der Waals surface area contributed by atoms with Crippen molar-refractivity contribution in [1.29, 1.82) is 0 Å². The van der Waals surface area contributed by atoms with E-state index in [1.165, 1.54) is 66.3 Å². The molecule has 0 spiro atoms. The third-order valence-electron chi connectivity index (χ3n) is 14.4. The molecule has 11 aromatic rings. The summed E-state index contributed by atoms with van der Waals surface area (Å²) in [5.74, 6) is 0.127. The van der Waals surface area contributed by atoms with Gasteiger partial charge in [0.25, 0.3) is 0 Å². The Bertz CT molecular complexity index is 3620. The van der Waals surface area contributed by atoms with Gasteiger partial charge in [0.15, 0.2) is 0 Å². The second-order valence-electron chi connectivity index (χ2n) is 18.8. The summed E-state index contributed by atoms with van der Waals surface area (Å²) in [6, 6.07) is 97.2. The molecule has 0 fully saturated rings. The number of hydrogen-bond donors (Lipinski definition) is 0. The van der Waals surface area contributed by atoms with Gasteiger partial charge in [0.2, 0.25) is 0 Å². The molecule has 3 nitrogen and oxygen atoms in total. The van der Waals surface area contributed by atoms with Gasteiger partial charge in [-0.25, -0.2) is 0 Å². The zero-order valence-electron chi connectivity index (χ0n) is 40.9. The maximum absolute atomic E-state index is 2.56. The van der Waals surface area contributed by atoms with Crippen molar-refractivity contribution in [3.8, 4) is 11.1 Å². The highest BCUT2D eigenvalue weighted by molar-refractivity contribution is 6.13. The van der Waals surface area contributed by atoms with Crippen molar-refractivity contribution < 1.29 is 0 Å². The van der Waals surface area contributed by atoms with Crippen LogP contribution in [0.3, 0.4) is 0 Å². The highest BCUT2D eigenvalue weighted by Crippen LogP contribution is 2.48. The van der Waals surface area contributed by atoms with Gasteiger partial charge in [0, 0.05) is 56.5 Å². The number of allylic oxidation sites excluding steroid dienone is 2. The Hall–Kier alpha value is -9.18. The molecular weight excluding hydrogens is 883 g/mol. The van der Waals surface area contributed by atoms with Crippen LogP contribution in [0.4, 0.5) is 45.5 Å². The Morgan fingerprint density at radius 1 is 0.356 bits per heavy atom. The molecule has 1 aliphatic rings. The molecule has 0 heterocycles. The van der Waals surface area contributed by atoms with Gasteiger partial charge in [-0.05, 0) is 142 Å². The van der Waals surface area contributed by atoms with Gasteiger partial charge >= 0.3 is 0 Å². The second kappa shape index (κ2) is 20.3. The van der Waals surface area contributed by atoms with Crippen molar-refractivity contribution in [3.63, 3.8) is 0 Å². The molecule has 0 N–H and O–H groups in total. The highest BCUT2D eigenvalue weighted by atomic mass is 15.2. The Balaban J connectivity index is 0.960. The lowest BCUT2D eigenvalue weighted by molar-refractivity contribution is 0.786. The minimum Gasteiger partial charge on any atom is -0.334 e. The van der Waals surface area contributed by atoms with E-state index in [1.54, 1.807) is 0 Å². The smallest absolute Gasteiger partial charge is 0.0560 e. The lowest BCUT2D eigenvalue weighted by Crippen LogP contribution is -2.30. The first-order chi connectivity index (χ1) is 36.2. The van der Waals surface area contributed by atoms with Crippen LogP contribution in [0.2, 0.25) is 0 Å². The molecule has 73 heavy (non-hydrogen) atoms. The largest absolute Gasteiger partial charge is 0.334 e. The fourth-order valence-electron chi connectivity index (χ4n) is 11.1. The van der Waals surface area contributed by atoms with Crippen molar-refractivity contribution in [1.82, 2.24) is 0 Å². The van der Waals surface area contributed by atoms with Gasteiger partial charge in [0.05, 0.1) is 11.7 Å². The van der Waals surface area contributed by atoms with E-state index in [0.29, 0.717) is 0 Å². The molecule has 0 bridgehead atoms. The molecule has 1 aliphatic carbocycles. The first-order valence-corrected chi connectivity index (χ1v) is 25.4. The van der Waals surface area contributed by atoms with Crippen LogP contribution in [0.15, 0.2) is 291 Å². The molecule has 1 unspecified atom stereocenters. The van der Waals surface area contributed by atoms with Gasteiger partial charge in [-0.15, -0.1) is 0 Å². The summed E-state index contributed by atoms with van der Waals surface area (Å²) in [6.45, 7) is 2.29. The molecule has 0 saturated heterocycles. The normalized spacial score (nSPS) is 13.1. The zero-order valence-corrected chi connectivity index (χ0v) is 40.9. The van der Waals surface area contributed by atoms with Crippen LogP contribution >= 0.6 is 0 Å². The van der Waals surface area contributed by atoms with Gasteiger partial charge in [-0.2, -0.15) is 0 Å². The number of rotatable bonds is 13. The monoisotopic (exact) mass is 937 g/mol. The third-order valence-corrected chi connectivity index (χ3v) is 14.4. The van der Waals surface area contributed by atoms with Crippen LogP contribution in [-0.4, -0.2) is 6.04 Å². The summed E-state index contributed by atoms with van der Waals surface area (Å²) in [4.78, 5) is 7.27. The molecule has 11 aromatic carbocycles. The van der Waals surface area contributed by atoms with Gasteiger partial charge in [-0.3, -0.25) is 0 Å². The van der Waals surface area contributed by atoms with Crippen LogP contribution in [0.5, 0.6) is 0 Å². The summed E-state index contributed by atoms with van der Waals surface area (Å²) in [6.07, 6.45) is 9.92. The first-order valence-electron chi connectivity index (χ1n) is 25.4. The molecule has 0 saturated carbocycles. The molecule has 0 radical (unpaired) electrons. The second-order valence-corrected chi connectivity index (χ2v) is 18.8. The number of para-hydroxylation sites is 3. The van der Waals surface area contributed by atoms with E-state index < -0.39 is 0 Å². The average molecular weight is 938 g/mol. The van der Waals surface area contributed by atoms with E-state index in [2.05, 4.69) is 313 Å². The summed E-state index contributed by atoms with van der Waals surface area (Å²) in [5.41, 5.74) is 16.5. The zero-order chi connectivity index (χ0) is 48.9. The first kappa shape index (κ1) is 45.0. The fourth-order valence-corrected chi connectivity index (χ4v) is 11.1. The van der Waals surface area contributed by atoms with E-state index in [9.17, 15) is 0 Å². The van der Waals surface area contributed by atoms with Crippen molar-refractivity contribution >= 4 is 67.0 Å². The molecular formula is C70H55N3. The van der Waals surface area contributed by atoms with Crippen molar-refractivity contribution in [2.24, 2.45) is 0 Å². The van der Waals surface area contributed by atoms with E-state index in [0.717, 1.165) is 40.5 Å². The van der Waals surface area contributed by atoms with E-state index in [-0.39, 0.29) is 12.0 Å². The lowest BCUT2D eigenvalue weighted by atomic mass is 9.85. The topological polar surface area (TPSA) is 9.72 Å². The van der Waals surface area contributed by atoms with E-state index in [1.807, 2.05) is 0 Å². The molecule has 350 valence electrons. The third kappa shape index (κ3) is 8.87. The molecule has 3 heteroatoms. The van der Waals surface area contributed by atoms with Crippen molar-refractivity contribution in [2.75, 3.05) is 14.7 Å². The van der Waals surface area contributed by atoms with Crippen LogP contribution < -0.4 is 14.7 Å². The molecule has 0 aromatic heterocycles.